The molecule has 0 aromatic carbocycles. The number of aliphatic hydroxyl groups excluding tert-OH is 2. The van der Waals surface area contributed by atoms with Crippen LogP contribution >= 0.6 is 0 Å². The number of amidine groups is 1. The fraction of sp³-hybridized carbons (Fsp3) is 0.467. The van der Waals surface area contributed by atoms with Crippen molar-refractivity contribution in [1.29, 1.82) is 0 Å². The molecule has 1 aliphatic heterocycles. The molecule has 0 unspecified atom stereocenters. The van der Waals surface area contributed by atoms with Crippen LogP contribution in [0.3, 0.4) is 0 Å². The Morgan fingerprint density at radius 3 is 2.81 bits per heavy atom. The molecular weight excluding hydrogens is 362 g/mol. The number of rotatable bonds is 4. The van der Waals surface area contributed by atoms with Crippen molar-refractivity contribution < 1.29 is 29.7 Å². The van der Waals surface area contributed by atoms with E-state index in [0.717, 1.165) is 6.33 Å². The monoisotopic (exact) mass is 381 g/mol. The largest absolute Gasteiger partial charge is 0.460 e. The summed E-state index contributed by atoms with van der Waals surface area (Å²) in [5.41, 5.74) is 5.25. The first-order chi connectivity index (χ1) is 12.8. The van der Waals surface area contributed by atoms with Crippen LogP contribution in [0.15, 0.2) is 22.5 Å². The summed E-state index contributed by atoms with van der Waals surface area (Å²) in [4.78, 5) is 29.8. The summed E-state index contributed by atoms with van der Waals surface area (Å²) in [6, 6.07) is 0. The van der Waals surface area contributed by atoms with E-state index in [1.807, 2.05) is 0 Å². The highest BCUT2D eigenvalue weighted by molar-refractivity contribution is 6.07. The van der Waals surface area contributed by atoms with Crippen molar-refractivity contribution in [2.24, 2.45) is 10.9 Å². The van der Waals surface area contributed by atoms with Gasteiger partial charge in [0.2, 0.25) is 0 Å². The lowest BCUT2D eigenvalue weighted by Crippen LogP contribution is -2.39. The minimum absolute atomic E-state index is 0.0228. The Morgan fingerprint density at radius 2 is 2.19 bits per heavy atom. The molecule has 0 radical (unpaired) electrons. The van der Waals surface area contributed by atoms with E-state index in [-0.39, 0.29) is 22.4 Å². The third-order valence-corrected chi connectivity index (χ3v) is 4.36. The maximum absolute atomic E-state index is 12.2. The topological polar surface area (TPSA) is 185 Å². The minimum Gasteiger partial charge on any atom is -0.460 e. The summed E-state index contributed by atoms with van der Waals surface area (Å²) in [6.07, 6.45) is -3.31. The van der Waals surface area contributed by atoms with Crippen molar-refractivity contribution in [3.05, 3.63) is 28.4 Å². The normalized spacial score (nSPS) is 27.0. The fourth-order valence-electron chi connectivity index (χ4n) is 3.17. The number of hydrogen-bond acceptors (Lipinski definition) is 9. The summed E-state index contributed by atoms with van der Waals surface area (Å²) in [7, 11) is 0. The molecule has 0 aliphatic carbocycles. The van der Waals surface area contributed by atoms with Crippen LogP contribution < -0.4 is 11.3 Å². The van der Waals surface area contributed by atoms with E-state index in [9.17, 15) is 19.8 Å². The number of oxime groups is 1. The first-order valence-electron chi connectivity index (χ1n) is 8.01. The third-order valence-electron chi connectivity index (χ3n) is 4.36. The second kappa shape index (κ2) is 6.98. The summed E-state index contributed by atoms with van der Waals surface area (Å²) >= 11 is 0. The molecule has 0 amide bonds. The summed E-state index contributed by atoms with van der Waals surface area (Å²) in [6.45, 7) is 2.73. The third kappa shape index (κ3) is 3.13. The number of nitrogens with zero attached hydrogens (tertiary/aromatic N) is 3. The Balaban J connectivity index is 2.07. The molecule has 0 saturated carbocycles. The number of aromatic nitrogens is 3. The van der Waals surface area contributed by atoms with Gasteiger partial charge in [0.15, 0.2) is 12.1 Å². The molecule has 0 bridgehead atoms. The predicted molar refractivity (Wildman–Crippen MR) is 90.0 cm³/mol. The molecular formula is C15H19N5O7. The standard InChI is InChI=1S/C15H19N5O7/c1-5(26-6(2)21)11-9(22)10(23)15(27-11)20-3-7(12(16)19-25)8-13(20)17-4-18-14(8)24/h3-5,9-11,15,22-23,25H,1-2H3,(H2,16,19)(H,17,18,24)/t5-,9+,10-,11-,15-/m1/s1. The minimum atomic E-state index is -1.41. The number of fused-ring (bicyclic) bond motifs is 1. The Labute approximate surface area is 151 Å². The number of hydrogen-bond donors (Lipinski definition) is 5. The van der Waals surface area contributed by atoms with Gasteiger partial charge >= 0.3 is 5.97 Å². The van der Waals surface area contributed by atoms with Crippen molar-refractivity contribution in [2.75, 3.05) is 0 Å². The van der Waals surface area contributed by atoms with E-state index in [1.54, 1.807) is 0 Å². The van der Waals surface area contributed by atoms with Crippen molar-refractivity contribution in [2.45, 2.75) is 44.5 Å². The van der Waals surface area contributed by atoms with E-state index in [4.69, 9.17) is 20.4 Å². The van der Waals surface area contributed by atoms with Crippen molar-refractivity contribution in [3.8, 4) is 0 Å². The molecule has 5 atom stereocenters. The Morgan fingerprint density at radius 1 is 1.48 bits per heavy atom. The molecule has 6 N–H and O–H groups in total. The van der Waals surface area contributed by atoms with Crippen molar-refractivity contribution >= 4 is 22.8 Å². The van der Waals surface area contributed by atoms with Gasteiger partial charge in [-0.05, 0) is 6.92 Å². The zero-order chi connectivity index (χ0) is 19.9. The Bertz CT molecular complexity index is 952. The van der Waals surface area contributed by atoms with Crippen LogP contribution in [0.2, 0.25) is 0 Å². The highest BCUT2D eigenvalue weighted by Gasteiger charge is 2.47. The molecule has 3 heterocycles. The number of aromatic amines is 1. The molecule has 1 saturated heterocycles. The molecule has 3 rings (SSSR count). The maximum atomic E-state index is 12.2. The van der Waals surface area contributed by atoms with E-state index >= 15 is 0 Å². The van der Waals surface area contributed by atoms with Crippen LogP contribution in [0.5, 0.6) is 0 Å². The number of nitrogens with two attached hydrogens (primary N) is 1. The quantitative estimate of drug-likeness (QED) is 0.137. The molecule has 12 nitrogen and oxygen atoms in total. The van der Waals surface area contributed by atoms with E-state index in [2.05, 4.69) is 15.1 Å². The van der Waals surface area contributed by atoms with Gasteiger partial charge in [-0.15, -0.1) is 0 Å². The SMILES string of the molecule is CC(=O)O[C@H](C)[C@H]1O[C@@H](n2cc(/C(N)=N\O)c3c(=O)[nH]cnc32)[C@H](O)[C@@H]1O. The second-order valence-electron chi connectivity index (χ2n) is 6.15. The van der Waals surface area contributed by atoms with Gasteiger partial charge in [0.1, 0.15) is 30.1 Å². The molecule has 27 heavy (non-hydrogen) atoms. The molecule has 12 heteroatoms. The van der Waals surface area contributed by atoms with Crippen LogP contribution in [-0.4, -0.2) is 66.2 Å². The van der Waals surface area contributed by atoms with Gasteiger partial charge in [0.25, 0.3) is 5.56 Å². The Hall–Kier alpha value is -2.96. The van der Waals surface area contributed by atoms with Crippen LogP contribution in [-0.2, 0) is 14.3 Å². The number of carbonyl (C=O) groups is 1. The molecule has 1 aliphatic rings. The van der Waals surface area contributed by atoms with Crippen LogP contribution in [0, 0.1) is 0 Å². The van der Waals surface area contributed by atoms with Gasteiger partial charge in [-0.2, -0.15) is 0 Å². The summed E-state index contributed by atoms with van der Waals surface area (Å²) in [5.74, 6) is -0.903. The molecule has 2 aromatic rings. The average molecular weight is 381 g/mol. The lowest BCUT2D eigenvalue weighted by molar-refractivity contribution is -0.157. The second-order valence-corrected chi connectivity index (χ2v) is 6.15. The number of carbonyl (C=O) groups excluding carboxylic acids is 1. The summed E-state index contributed by atoms with van der Waals surface area (Å²) < 4.78 is 12.0. The highest BCUT2D eigenvalue weighted by Crippen LogP contribution is 2.34. The maximum Gasteiger partial charge on any atom is 0.302 e. The first-order valence-corrected chi connectivity index (χ1v) is 8.01. The zero-order valence-electron chi connectivity index (χ0n) is 14.4. The van der Waals surface area contributed by atoms with Gasteiger partial charge in [0, 0.05) is 13.1 Å². The first kappa shape index (κ1) is 18.8. The van der Waals surface area contributed by atoms with Crippen LogP contribution in [0.1, 0.15) is 25.6 Å². The Kier molecular flexibility index (Phi) is 4.87. The summed E-state index contributed by atoms with van der Waals surface area (Å²) in [5, 5.41) is 32.6. The zero-order valence-corrected chi connectivity index (χ0v) is 14.4. The molecule has 1 fully saturated rings. The van der Waals surface area contributed by atoms with E-state index in [0.29, 0.717) is 0 Å². The fourth-order valence-corrected chi connectivity index (χ4v) is 3.17. The number of ether oxygens (including phenoxy) is 2. The predicted octanol–water partition coefficient (Wildman–Crippen LogP) is -1.61. The van der Waals surface area contributed by atoms with Gasteiger partial charge in [-0.25, -0.2) is 4.98 Å². The van der Waals surface area contributed by atoms with Crippen molar-refractivity contribution in [1.82, 2.24) is 14.5 Å². The van der Waals surface area contributed by atoms with Crippen LogP contribution in [0.25, 0.3) is 11.0 Å². The lowest BCUT2D eigenvalue weighted by Gasteiger charge is -2.21. The molecule has 146 valence electrons. The average Bonchev–Trinajstić information content (AvgIpc) is 3.13. The van der Waals surface area contributed by atoms with Crippen LogP contribution in [0.4, 0.5) is 0 Å². The lowest BCUT2D eigenvalue weighted by atomic mass is 10.1. The molecule has 2 aromatic heterocycles. The number of aliphatic hydroxyl groups is 2. The van der Waals surface area contributed by atoms with E-state index < -0.39 is 42.2 Å². The smallest absolute Gasteiger partial charge is 0.302 e. The number of nitrogens with one attached hydrogen (secondary N) is 1. The van der Waals surface area contributed by atoms with E-state index in [1.165, 1.54) is 24.6 Å². The van der Waals surface area contributed by atoms with Gasteiger partial charge < -0.3 is 40.2 Å². The van der Waals surface area contributed by atoms with Gasteiger partial charge in [0.05, 0.1) is 17.3 Å². The van der Waals surface area contributed by atoms with Gasteiger partial charge in [-0.1, -0.05) is 5.16 Å². The molecule has 0 spiro atoms. The number of esters is 1. The van der Waals surface area contributed by atoms with Gasteiger partial charge in [-0.3, -0.25) is 9.59 Å². The number of H-pyrrole nitrogens is 1. The highest BCUT2D eigenvalue weighted by atomic mass is 16.6. The van der Waals surface area contributed by atoms with Crippen molar-refractivity contribution in [3.63, 3.8) is 0 Å².